The van der Waals surface area contributed by atoms with Gasteiger partial charge in [-0.05, 0) is 37.9 Å². The van der Waals surface area contributed by atoms with Crippen molar-refractivity contribution in [2.75, 3.05) is 26.3 Å². The third kappa shape index (κ3) is 6.16. The van der Waals surface area contributed by atoms with E-state index in [-0.39, 0.29) is 24.2 Å². The van der Waals surface area contributed by atoms with Gasteiger partial charge in [-0.2, -0.15) is 5.09 Å². The quantitative estimate of drug-likeness (QED) is 0.381. The minimum atomic E-state index is -3.94. The molecular weight excluding hydrogens is 419 g/mol. The Morgan fingerprint density at radius 1 is 1.26 bits per heavy atom. The number of ketones is 1. The minimum absolute atomic E-state index is 0.0370. The number of hydrogen-bond acceptors (Lipinski definition) is 7. The summed E-state index contributed by atoms with van der Waals surface area (Å²) in [5.41, 5.74) is 0. The van der Waals surface area contributed by atoms with Crippen LogP contribution in [0.2, 0.25) is 0 Å². The van der Waals surface area contributed by atoms with Crippen LogP contribution in [-0.4, -0.2) is 55.0 Å². The zero-order valence-corrected chi connectivity index (χ0v) is 19.4. The van der Waals surface area contributed by atoms with Crippen LogP contribution in [0.1, 0.15) is 40.0 Å². The van der Waals surface area contributed by atoms with E-state index >= 15 is 0 Å². The van der Waals surface area contributed by atoms with Crippen LogP contribution in [0, 0.1) is 11.8 Å². The summed E-state index contributed by atoms with van der Waals surface area (Å²) in [6, 6.07) is 7.28. The van der Waals surface area contributed by atoms with E-state index in [4.69, 9.17) is 13.8 Å². The van der Waals surface area contributed by atoms with Crippen LogP contribution in [-0.2, 0) is 23.4 Å². The van der Waals surface area contributed by atoms with Crippen LogP contribution in [0.4, 0.5) is 0 Å². The zero-order chi connectivity index (χ0) is 22.4. The largest absolute Gasteiger partial charge is 0.464 e. The van der Waals surface area contributed by atoms with E-state index in [1.165, 1.54) is 0 Å². The average Bonchev–Trinajstić information content (AvgIpc) is 3.35. The number of fused-ring (bicyclic) bond motifs is 2. The number of nitrogens with zero attached hydrogens (tertiary/aromatic N) is 1. The molecule has 0 amide bonds. The molecule has 172 valence electrons. The molecule has 1 N–H and O–H groups in total. The molecule has 1 aromatic carbocycles. The van der Waals surface area contributed by atoms with Crippen LogP contribution in [0.3, 0.4) is 0 Å². The second kappa shape index (κ2) is 10.7. The number of ether oxygens (including phenoxy) is 1. The van der Waals surface area contributed by atoms with Crippen molar-refractivity contribution in [1.82, 2.24) is 9.99 Å². The average molecular weight is 452 g/mol. The number of esters is 1. The molecule has 3 rings (SSSR count). The van der Waals surface area contributed by atoms with E-state index in [1.807, 2.05) is 24.8 Å². The SMILES string of the molecule is CCC(CC)COC(=O)[C@H](C)NP(=O)(OC[C@H]1C(=O)[C@@H]2CCN1C2)Oc1ccccc1. The summed E-state index contributed by atoms with van der Waals surface area (Å²) in [7, 11) is -3.94. The fraction of sp³-hybridized carbons (Fsp3) is 0.636. The van der Waals surface area contributed by atoms with Gasteiger partial charge >= 0.3 is 13.7 Å². The number of rotatable bonds is 12. The number of carbonyl (C=O) groups is 2. The lowest BCUT2D eigenvalue weighted by Gasteiger charge is -2.27. The lowest BCUT2D eigenvalue weighted by molar-refractivity contribution is -0.146. The summed E-state index contributed by atoms with van der Waals surface area (Å²) in [5, 5.41) is 2.69. The first kappa shape index (κ1) is 23.9. The lowest BCUT2D eigenvalue weighted by atomic mass is 9.99. The van der Waals surface area contributed by atoms with Crippen LogP contribution in [0.5, 0.6) is 5.75 Å². The Kier molecular flexibility index (Phi) is 8.28. The van der Waals surface area contributed by atoms with Gasteiger partial charge in [0.25, 0.3) is 0 Å². The standard InChI is InChI=1S/C22H33N2O6P/c1-4-17(5-2)14-28-22(26)16(3)23-31(27,30-19-9-7-6-8-10-19)29-15-20-21(25)18-11-12-24(20)13-18/h6-10,16-18,20H,4-5,11-15H2,1-3H3,(H,23,27)/t16-,18+,20-,31?/m0/s1. The van der Waals surface area contributed by atoms with E-state index in [1.54, 1.807) is 31.2 Å². The second-order valence-electron chi connectivity index (χ2n) is 8.26. The molecular formula is C22H33N2O6P. The molecule has 2 bridgehead atoms. The molecule has 2 unspecified atom stereocenters. The molecule has 2 aliphatic heterocycles. The first-order chi connectivity index (χ1) is 14.8. The van der Waals surface area contributed by atoms with Gasteiger partial charge in [0.1, 0.15) is 11.8 Å². The highest BCUT2D eigenvalue weighted by Gasteiger charge is 2.46. The summed E-state index contributed by atoms with van der Waals surface area (Å²) in [5.74, 6) is 0.269. The molecule has 0 radical (unpaired) electrons. The Bertz CT molecular complexity index is 800. The molecule has 0 spiro atoms. The molecule has 2 fully saturated rings. The molecule has 8 nitrogen and oxygen atoms in total. The maximum Gasteiger partial charge on any atom is 0.459 e. The topological polar surface area (TPSA) is 94.2 Å². The van der Waals surface area contributed by atoms with Crippen LogP contribution in [0.15, 0.2) is 30.3 Å². The fourth-order valence-electron chi connectivity index (χ4n) is 3.96. The highest BCUT2D eigenvalue weighted by Crippen LogP contribution is 2.46. The van der Waals surface area contributed by atoms with Crippen molar-refractivity contribution < 1.29 is 27.9 Å². The van der Waals surface area contributed by atoms with Crippen molar-refractivity contribution in [3.63, 3.8) is 0 Å². The van der Waals surface area contributed by atoms with Gasteiger partial charge in [0.05, 0.1) is 19.3 Å². The number of nitrogens with one attached hydrogen (secondary N) is 1. The number of Topliss-reactive ketones (excluding diaryl/α,β-unsaturated/α-hetero) is 1. The fourth-order valence-corrected chi connectivity index (χ4v) is 5.46. The second-order valence-corrected chi connectivity index (χ2v) is 9.95. The van der Waals surface area contributed by atoms with Crippen molar-refractivity contribution in [3.8, 4) is 5.75 Å². The van der Waals surface area contributed by atoms with Crippen LogP contribution in [0.25, 0.3) is 0 Å². The van der Waals surface area contributed by atoms with Gasteiger partial charge in [0, 0.05) is 12.5 Å². The smallest absolute Gasteiger partial charge is 0.459 e. The zero-order valence-electron chi connectivity index (χ0n) is 18.5. The van der Waals surface area contributed by atoms with E-state index < -0.39 is 25.8 Å². The van der Waals surface area contributed by atoms with Gasteiger partial charge in [-0.3, -0.25) is 19.0 Å². The maximum atomic E-state index is 13.5. The van der Waals surface area contributed by atoms with Crippen LogP contribution >= 0.6 is 7.75 Å². The highest BCUT2D eigenvalue weighted by atomic mass is 31.2. The van der Waals surface area contributed by atoms with Gasteiger partial charge < -0.3 is 9.26 Å². The molecule has 2 heterocycles. The molecule has 0 saturated carbocycles. The van der Waals surface area contributed by atoms with Gasteiger partial charge in [0.2, 0.25) is 0 Å². The van der Waals surface area contributed by atoms with Gasteiger partial charge in [0.15, 0.2) is 5.78 Å². The third-order valence-electron chi connectivity index (χ3n) is 6.08. The molecule has 0 aliphatic carbocycles. The molecule has 9 heteroatoms. The normalized spacial score (nSPS) is 25.4. The molecule has 5 atom stereocenters. The van der Waals surface area contributed by atoms with Crippen molar-refractivity contribution in [2.24, 2.45) is 11.8 Å². The summed E-state index contributed by atoms with van der Waals surface area (Å²) < 4.78 is 30.2. The molecule has 0 aromatic heterocycles. The summed E-state index contributed by atoms with van der Waals surface area (Å²) in [6.07, 6.45) is 2.69. The molecule has 31 heavy (non-hydrogen) atoms. The Hall–Kier alpha value is -1.73. The number of para-hydroxylation sites is 1. The predicted octanol–water partition coefficient (Wildman–Crippen LogP) is 3.42. The summed E-state index contributed by atoms with van der Waals surface area (Å²) >= 11 is 0. The predicted molar refractivity (Wildman–Crippen MR) is 117 cm³/mol. The van der Waals surface area contributed by atoms with Crippen molar-refractivity contribution in [1.29, 1.82) is 0 Å². The Labute approximate surface area is 184 Å². The van der Waals surface area contributed by atoms with E-state index in [0.717, 1.165) is 32.4 Å². The maximum absolute atomic E-state index is 13.5. The van der Waals surface area contributed by atoms with Crippen LogP contribution < -0.4 is 9.61 Å². The lowest BCUT2D eigenvalue weighted by Crippen LogP contribution is -2.41. The summed E-state index contributed by atoms with van der Waals surface area (Å²) in [6.45, 7) is 7.48. The molecule has 1 aromatic rings. The van der Waals surface area contributed by atoms with E-state index in [0.29, 0.717) is 12.4 Å². The number of benzene rings is 1. The number of hydrogen-bond donors (Lipinski definition) is 1. The van der Waals surface area contributed by atoms with Gasteiger partial charge in [-0.25, -0.2) is 4.57 Å². The Morgan fingerprint density at radius 2 is 1.97 bits per heavy atom. The first-order valence-corrected chi connectivity index (χ1v) is 12.6. The minimum Gasteiger partial charge on any atom is -0.464 e. The monoisotopic (exact) mass is 452 g/mol. The van der Waals surface area contributed by atoms with E-state index in [2.05, 4.69) is 5.09 Å². The van der Waals surface area contributed by atoms with Gasteiger partial charge in [-0.1, -0.05) is 44.9 Å². The van der Waals surface area contributed by atoms with Crippen molar-refractivity contribution in [2.45, 2.75) is 52.1 Å². The molecule has 2 aliphatic rings. The molecule has 2 saturated heterocycles. The Morgan fingerprint density at radius 3 is 2.58 bits per heavy atom. The number of carbonyl (C=O) groups excluding carboxylic acids is 2. The highest BCUT2D eigenvalue weighted by molar-refractivity contribution is 7.52. The third-order valence-corrected chi connectivity index (χ3v) is 7.73. The first-order valence-electron chi connectivity index (χ1n) is 11.1. The summed E-state index contributed by atoms with van der Waals surface area (Å²) in [4.78, 5) is 26.9. The van der Waals surface area contributed by atoms with E-state index in [9.17, 15) is 14.2 Å². The Balaban J connectivity index is 1.64. The van der Waals surface area contributed by atoms with Crippen molar-refractivity contribution >= 4 is 19.5 Å². The van der Waals surface area contributed by atoms with Crippen molar-refractivity contribution in [3.05, 3.63) is 30.3 Å². The van der Waals surface area contributed by atoms with Gasteiger partial charge in [-0.15, -0.1) is 0 Å². The number of piperidine rings is 1.